The van der Waals surface area contributed by atoms with Crippen LogP contribution in [0.5, 0.6) is 0 Å². The maximum Gasteiger partial charge on any atom is 0.240 e. The van der Waals surface area contributed by atoms with Crippen LogP contribution in [0, 0.1) is 17.8 Å². The molecule has 2 heterocycles. The van der Waals surface area contributed by atoms with Gasteiger partial charge in [0, 0.05) is 29.7 Å². The van der Waals surface area contributed by atoms with Crippen LogP contribution >= 0.6 is 0 Å². The van der Waals surface area contributed by atoms with Gasteiger partial charge >= 0.3 is 0 Å². The molecule has 1 saturated carbocycles. The van der Waals surface area contributed by atoms with Gasteiger partial charge < -0.3 is 15.2 Å². The van der Waals surface area contributed by atoms with Crippen molar-refractivity contribution < 1.29 is 9.59 Å². The Morgan fingerprint density at radius 3 is 2.89 bits per heavy atom. The van der Waals surface area contributed by atoms with E-state index in [1.54, 1.807) is 0 Å². The molecular weight excluding hydrogens is 338 g/mol. The Balaban J connectivity index is 1.37. The number of nitrogens with zero attached hydrogens (tertiary/aromatic N) is 1. The highest BCUT2D eigenvalue weighted by atomic mass is 16.2. The molecule has 2 aromatic rings. The minimum Gasteiger partial charge on any atom is -0.353 e. The van der Waals surface area contributed by atoms with E-state index >= 15 is 0 Å². The number of carbonyl (C=O) groups excluding carboxylic acids is 2. The summed E-state index contributed by atoms with van der Waals surface area (Å²) in [6.07, 6.45) is 5.78. The van der Waals surface area contributed by atoms with Crippen LogP contribution in [0.3, 0.4) is 0 Å². The van der Waals surface area contributed by atoms with Crippen molar-refractivity contribution in [3.05, 3.63) is 36.5 Å². The number of hydrogen-bond acceptors (Lipinski definition) is 2. The number of carbonyl (C=O) groups is 2. The summed E-state index contributed by atoms with van der Waals surface area (Å²) in [7, 11) is 0. The highest BCUT2D eigenvalue weighted by Crippen LogP contribution is 2.38. The lowest BCUT2D eigenvalue weighted by Gasteiger charge is -2.46. The van der Waals surface area contributed by atoms with E-state index < -0.39 is 0 Å². The Hall–Kier alpha value is -2.30. The molecule has 1 saturated heterocycles. The number of rotatable bonds is 4. The zero-order valence-electron chi connectivity index (χ0n) is 16.2. The molecule has 1 aliphatic carbocycles. The van der Waals surface area contributed by atoms with Crippen molar-refractivity contribution >= 4 is 22.7 Å². The van der Waals surface area contributed by atoms with Gasteiger partial charge in [-0.05, 0) is 55.0 Å². The van der Waals surface area contributed by atoms with Crippen LogP contribution in [0.15, 0.2) is 36.5 Å². The van der Waals surface area contributed by atoms with Gasteiger partial charge in [0.15, 0.2) is 0 Å². The van der Waals surface area contributed by atoms with E-state index in [1.165, 1.54) is 0 Å². The van der Waals surface area contributed by atoms with Gasteiger partial charge in [-0.3, -0.25) is 9.59 Å². The summed E-state index contributed by atoms with van der Waals surface area (Å²) < 4.78 is 1.99. The fourth-order valence-corrected chi connectivity index (χ4v) is 5.21. The highest BCUT2D eigenvalue weighted by molar-refractivity contribution is 5.83. The molecule has 2 fully saturated rings. The average Bonchev–Trinajstić information content (AvgIpc) is 3.05. The molecule has 5 heteroatoms. The molecule has 1 aromatic heterocycles. The number of amides is 2. The number of piperidine rings is 1. The Kier molecular flexibility index (Phi) is 4.94. The second-order valence-electron chi connectivity index (χ2n) is 8.23. The first kappa shape index (κ1) is 18.1. The summed E-state index contributed by atoms with van der Waals surface area (Å²) in [5, 5.41) is 7.57. The van der Waals surface area contributed by atoms with E-state index in [4.69, 9.17) is 0 Å². The van der Waals surface area contributed by atoms with Gasteiger partial charge in [-0.25, -0.2) is 0 Å². The smallest absolute Gasteiger partial charge is 0.240 e. The molecule has 144 valence electrons. The first-order chi connectivity index (χ1) is 13.1. The van der Waals surface area contributed by atoms with Gasteiger partial charge in [0.1, 0.15) is 6.54 Å². The van der Waals surface area contributed by atoms with E-state index in [9.17, 15) is 9.59 Å². The van der Waals surface area contributed by atoms with Crippen molar-refractivity contribution in [2.75, 3.05) is 0 Å². The van der Waals surface area contributed by atoms with Crippen LogP contribution in [-0.4, -0.2) is 28.5 Å². The first-order valence-electron chi connectivity index (χ1n) is 10.2. The third-order valence-corrected chi connectivity index (χ3v) is 6.68. The quantitative estimate of drug-likeness (QED) is 0.872. The van der Waals surface area contributed by atoms with Crippen molar-refractivity contribution in [1.82, 2.24) is 15.2 Å². The Morgan fingerprint density at radius 1 is 1.26 bits per heavy atom. The van der Waals surface area contributed by atoms with Crippen molar-refractivity contribution in [3.63, 3.8) is 0 Å². The third-order valence-electron chi connectivity index (χ3n) is 6.68. The first-order valence-corrected chi connectivity index (χ1v) is 10.2. The van der Waals surface area contributed by atoms with Crippen molar-refractivity contribution in [2.24, 2.45) is 17.8 Å². The van der Waals surface area contributed by atoms with E-state index in [-0.39, 0.29) is 29.8 Å². The van der Waals surface area contributed by atoms with E-state index in [1.807, 2.05) is 35.0 Å². The number of benzene rings is 1. The Labute approximate surface area is 160 Å². The van der Waals surface area contributed by atoms with Gasteiger partial charge in [-0.1, -0.05) is 32.0 Å². The highest BCUT2D eigenvalue weighted by Gasteiger charge is 2.43. The van der Waals surface area contributed by atoms with E-state index in [0.29, 0.717) is 18.4 Å². The third kappa shape index (κ3) is 3.47. The SMILES string of the molecule is CCC1C(=O)NC2CC(NC(=O)Cn3ccc4ccccc43)CCC2C1C. The minimum absolute atomic E-state index is 0.0430. The summed E-state index contributed by atoms with van der Waals surface area (Å²) in [4.78, 5) is 24.9. The fraction of sp³-hybridized carbons (Fsp3) is 0.545. The number of nitrogens with one attached hydrogen (secondary N) is 2. The van der Waals surface area contributed by atoms with Gasteiger partial charge in [0.25, 0.3) is 0 Å². The lowest BCUT2D eigenvalue weighted by molar-refractivity contribution is -0.133. The lowest BCUT2D eigenvalue weighted by atomic mass is 9.67. The Morgan fingerprint density at radius 2 is 2.07 bits per heavy atom. The molecule has 2 amide bonds. The van der Waals surface area contributed by atoms with Crippen LogP contribution in [0.4, 0.5) is 0 Å². The summed E-state index contributed by atoms with van der Waals surface area (Å²) >= 11 is 0. The van der Waals surface area contributed by atoms with Crippen molar-refractivity contribution in [1.29, 1.82) is 0 Å². The molecule has 0 radical (unpaired) electrons. The number of hydrogen-bond donors (Lipinski definition) is 2. The minimum atomic E-state index is 0.0430. The van der Waals surface area contributed by atoms with Gasteiger partial charge in [0.2, 0.25) is 11.8 Å². The molecular formula is C22H29N3O2. The second kappa shape index (κ2) is 7.37. The molecule has 2 N–H and O–H groups in total. The predicted molar refractivity (Wildman–Crippen MR) is 106 cm³/mol. The number of aromatic nitrogens is 1. The van der Waals surface area contributed by atoms with E-state index in [2.05, 4.69) is 30.5 Å². The Bertz CT molecular complexity index is 843. The van der Waals surface area contributed by atoms with Crippen molar-refractivity contribution in [3.8, 4) is 0 Å². The van der Waals surface area contributed by atoms with Gasteiger partial charge in [0.05, 0.1) is 0 Å². The predicted octanol–water partition coefficient (Wildman–Crippen LogP) is 3.09. The maximum absolute atomic E-state index is 12.6. The van der Waals surface area contributed by atoms with Gasteiger partial charge in [-0.15, -0.1) is 0 Å². The molecule has 0 bridgehead atoms. The molecule has 1 aliphatic heterocycles. The number of fused-ring (bicyclic) bond motifs is 2. The molecule has 5 unspecified atom stereocenters. The van der Waals surface area contributed by atoms with Crippen LogP contribution in [0.1, 0.15) is 39.5 Å². The van der Waals surface area contributed by atoms with E-state index in [0.717, 1.165) is 36.6 Å². The fourth-order valence-electron chi connectivity index (χ4n) is 5.21. The summed E-state index contributed by atoms with van der Waals surface area (Å²) in [6.45, 7) is 4.65. The van der Waals surface area contributed by atoms with Crippen LogP contribution < -0.4 is 10.6 Å². The largest absolute Gasteiger partial charge is 0.353 e. The second-order valence-corrected chi connectivity index (χ2v) is 8.23. The lowest BCUT2D eigenvalue weighted by Crippen LogP contribution is -2.58. The molecule has 1 aromatic carbocycles. The summed E-state index contributed by atoms with van der Waals surface area (Å²) in [5.74, 6) is 1.34. The van der Waals surface area contributed by atoms with Crippen molar-refractivity contribution in [2.45, 2.75) is 58.2 Å². The standard InChI is InChI=1S/C22H29N3O2/c1-3-17-14(2)18-9-8-16(12-19(18)24-22(17)27)23-21(26)13-25-11-10-15-6-4-5-7-20(15)25/h4-7,10-11,14,16-19H,3,8-9,12-13H2,1-2H3,(H,23,26)(H,24,27). The molecule has 4 rings (SSSR count). The molecule has 2 aliphatic rings. The molecule has 5 atom stereocenters. The molecule has 5 nitrogen and oxygen atoms in total. The zero-order valence-corrected chi connectivity index (χ0v) is 16.2. The van der Waals surface area contributed by atoms with Crippen LogP contribution in [0.25, 0.3) is 10.9 Å². The monoisotopic (exact) mass is 367 g/mol. The topological polar surface area (TPSA) is 63.1 Å². The summed E-state index contributed by atoms with van der Waals surface area (Å²) in [6, 6.07) is 10.5. The van der Waals surface area contributed by atoms with Crippen LogP contribution in [-0.2, 0) is 16.1 Å². The maximum atomic E-state index is 12.6. The van der Waals surface area contributed by atoms with Gasteiger partial charge in [-0.2, -0.15) is 0 Å². The number of para-hydroxylation sites is 1. The van der Waals surface area contributed by atoms with Crippen LogP contribution in [0.2, 0.25) is 0 Å². The molecule has 0 spiro atoms. The average molecular weight is 367 g/mol. The zero-order chi connectivity index (χ0) is 19.0. The molecule has 27 heavy (non-hydrogen) atoms. The normalized spacial score (nSPS) is 30.6. The summed E-state index contributed by atoms with van der Waals surface area (Å²) in [5.41, 5.74) is 1.08.